The first-order valence-corrected chi connectivity index (χ1v) is 6.24. The summed E-state index contributed by atoms with van der Waals surface area (Å²) in [5.41, 5.74) is 0. The van der Waals surface area contributed by atoms with E-state index in [1.807, 2.05) is 0 Å². The molecular weight excluding hydrogens is 174 g/mol. The Bertz CT molecular complexity index is 164. The van der Waals surface area contributed by atoms with Crippen molar-refractivity contribution in [2.24, 2.45) is 11.8 Å². The van der Waals surface area contributed by atoms with Crippen molar-refractivity contribution in [2.75, 3.05) is 13.2 Å². The second-order valence-corrected chi connectivity index (χ2v) is 5.05. The molecule has 2 N–H and O–H groups in total. The summed E-state index contributed by atoms with van der Waals surface area (Å²) >= 11 is 0. The fourth-order valence-electron chi connectivity index (χ4n) is 3.06. The van der Waals surface area contributed by atoms with E-state index >= 15 is 0 Å². The summed E-state index contributed by atoms with van der Waals surface area (Å²) in [7, 11) is 0. The van der Waals surface area contributed by atoms with Gasteiger partial charge >= 0.3 is 0 Å². The monoisotopic (exact) mass is 197 g/mol. The van der Waals surface area contributed by atoms with Gasteiger partial charge in [-0.2, -0.15) is 0 Å². The van der Waals surface area contributed by atoms with Crippen molar-refractivity contribution in [1.29, 1.82) is 0 Å². The maximum absolute atomic E-state index is 9.10. The summed E-state index contributed by atoms with van der Waals surface area (Å²) in [6.45, 7) is 1.41. The van der Waals surface area contributed by atoms with Crippen molar-refractivity contribution in [2.45, 2.75) is 51.0 Å². The van der Waals surface area contributed by atoms with Crippen LogP contribution in [0.1, 0.15) is 44.9 Å². The average Bonchev–Trinajstić information content (AvgIpc) is 2.53. The van der Waals surface area contributed by atoms with E-state index in [0.29, 0.717) is 18.6 Å². The number of rotatable bonds is 2. The van der Waals surface area contributed by atoms with Gasteiger partial charge in [-0.1, -0.05) is 25.7 Å². The first kappa shape index (κ1) is 10.4. The maximum Gasteiger partial charge on any atom is 0.0471 e. The Morgan fingerprint density at radius 2 is 1.79 bits per heavy atom. The second kappa shape index (κ2) is 5.13. The molecular formula is C12H23NO. The quantitative estimate of drug-likeness (QED) is 0.663. The molecule has 2 atom stereocenters. The van der Waals surface area contributed by atoms with E-state index in [1.165, 1.54) is 44.9 Å². The second-order valence-electron chi connectivity index (χ2n) is 5.05. The van der Waals surface area contributed by atoms with Gasteiger partial charge in [0.25, 0.3) is 0 Å². The predicted molar refractivity (Wildman–Crippen MR) is 58.2 cm³/mol. The third kappa shape index (κ3) is 2.48. The van der Waals surface area contributed by atoms with Crippen LogP contribution in [0.5, 0.6) is 0 Å². The molecule has 2 heteroatoms. The highest BCUT2D eigenvalue weighted by Gasteiger charge is 2.29. The Labute approximate surface area is 87.1 Å². The minimum absolute atomic E-state index is 0.371. The Balaban J connectivity index is 1.82. The van der Waals surface area contributed by atoms with Crippen LogP contribution in [-0.2, 0) is 0 Å². The fourth-order valence-corrected chi connectivity index (χ4v) is 3.06. The Kier molecular flexibility index (Phi) is 3.82. The van der Waals surface area contributed by atoms with Crippen molar-refractivity contribution < 1.29 is 5.11 Å². The fraction of sp³-hybridized carbons (Fsp3) is 1.00. The molecule has 82 valence electrons. The largest absolute Gasteiger partial charge is 0.396 e. The van der Waals surface area contributed by atoms with Crippen LogP contribution >= 0.6 is 0 Å². The highest BCUT2D eigenvalue weighted by molar-refractivity contribution is 4.87. The molecule has 0 bridgehead atoms. The van der Waals surface area contributed by atoms with Gasteiger partial charge in [0.15, 0.2) is 0 Å². The van der Waals surface area contributed by atoms with E-state index < -0.39 is 0 Å². The lowest BCUT2D eigenvalue weighted by Gasteiger charge is -2.21. The molecule has 14 heavy (non-hydrogen) atoms. The lowest BCUT2D eigenvalue weighted by atomic mass is 9.89. The smallest absolute Gasteiger partial charge is 0.0471 e. The number of aliphatic hydroxyl groups is 1. The first-order valence-electron chi connectivity index (χ1n) is 6.24. The summed E-state index contributed by atoms with van der Waals surface area (Å²) in [5, 5.41) is 12.7. The predicted octanol–water partition coefficient (Wildman–Crippen LogP) is 1.93. The number of hydrogen-bond acceptors (Lipinski definition) is 2. The maximum atomic E-state index is 9.10. The van der Waals surface area contributed by atoms with E-state index in [2.05, 4.69) is 5.32 Å². The van der Waals surface area contributed by atoms with E-state index in [0.717, 1.165) is 12.5 Å². The van der Waals surface area contributed by atoms with Gasteiger partial charge in [0.1, 0.15) is 0 Å². The van der Waals surface area contributed by atoms with Crippen LogP contribution in [0, 0.1) is 11.8 Å². The highest BCUT2D eigenvalue weighted by Crippen LogP contribution is 2.30. The molecule has 2 rings (SSSR count). The lowest BCUT2D eigenvalue weighted by Crippen LogP contribution is -2.30. The third-order valence-electron chi connectivity index (χ3n) is 3.98. The first-order chi connectivity index (χ1) is 6.90. The van der Waals surface area contributed by atoms with Gasteiger partial charge in [0, 0.05) is 19.2 Å². The van der Waals surface area contributed by atoms with Crippen LogP contribution in [0.3, 0.4) is 0 Å². The number of aliphatic hydroxyl groups excluding tert-OH is 1. The van der Waals surface area contributed by atoms with Crippen LogP contribution < -0.4 is 5.32 Å². The molecule has 1 aliphatic heterocycles. The lowest BCUT2D eigenvalue weighted by molar-refractivity contribution is 0.231. The summed E-state index contributed by atoms with van der Waals surface area (Å²) in [6, 6.07) is 0.713. The Morgan fingerprint density at radius 3 is 2.36 bits per heavy atom. The normalized spacial score (nSPS) is 35.8. The third-order valence-corrected chi connectivity index (χ3v) is 3.98. The molecule has 1 aliphatic carbocycles. The highest BCUT2D eigenvalue weighted by atomic mass is 16.3. The molecule has 1 heterocycles. The van der Waals surface area contributed by atoms with Crippen molar-refractivity contribution >= 4 is 0 Å². The molecule has 0 spiro atoms. The van der Waals surface area contributed by atoms with Gasteiger partial charge in [-0.15, -0.1) is 0 Å². The number of hydrogen-bond donors (Lipinski definition) is 2. The summed E-state index contributed by atoms with van der Waals surface area (Å²) in [4.78, 5) is 0. The summed E-state index contributed by atoms with van der Waals surface area (Å²) in [6.07, 6.45) is 9.76. The van der Waals surface area contributed by atoms with Gasteiger partial charge in [-0.3, -0.25) is 0 Å². The molecule has 1 saturated heterocycles. The van der Waals surface area contributed by atoms with E-state index in [-0.39, 0.29) is 0 Å². The average molecular weight is 197 g/mol. The van der Waals surface area contributed by atoms with Gasteiger partial charge < -0.3 is 10.4 Å². The zero-order valence-electron chi connectivity index (χ0n) is 9.04. The van der Waals surface area contributed by atoms with Crippen LogP contribution in [0.2, 0.25) is 0 Å². The summed E-state index contributed by atoms with van der Waals surface area (Å²) < 4.78 is 0. The topological polar surface area (TPSA) is 32.3 Å². The van der Waals surface area contributed by atoms with Crippen LogP contribution in [-0.4, -0.2) is 24.3 Å². The molecule has 0 aromatic heterocycles. The van der Waals surface area contributed by atoms with E-state index in [1.54, 1.807) is 0 Å². The zero-order chi connectivity index (χ0) is 9.80. The standard InChI is InChI=1S/C12H23NO/c14-9-10-7-12(13-8-10)11-5-3-1-2-4-6-11/h10-14H,1-9H2. The Hall–Kier alpha value is -0.0800. The minimum atomic E-state index is 0.371. The molecule has 0 amide bonds. The SMILES string of the molecule is OCC1CNC(C2CCCCCC2)C1. The van der Waals surface area contributed by atoms with E-state index in [9.17, 15) is 0 Å². The molecule has 2 aliphatic rings. The van der Waals surface area contributed by atoms with Crippen LogP contribution in [0.25, 0.3) is 0 Å². The van der Waals surface area contributed by atoms with Crippen LogP contribution in [0.15, 0.2) is 0 Å². The van der Waals surface area contributed by atoms with Gasteiger partial charge in [-0.05, 0) is 31.1 Å². The van der Waals surface area contributed by atoms with Crippen molar-refractivity contribution in [3.05, 3.63) is 0 Å². The molecule has 0 radical (unpaired) electrons. The molecule has 2 unspecified atom stereocenters. The van der Waals surface area contributed by atoms with Gasteiger partial charge in [-0.25, -0.2) is 0 Å². The molecule has 0 aromatic carbocycles. The molecule has 0 aromatic rings. The van der Waals surface area contributed by atoms with Crippen molar-refractivity contribution in [1.82, 2.24) is 5.32 Å². The molecule has 1 saturated carbocycles. The van der Waals surface area contributed by atoms with Crippen molar-refractivity contribution in [3.63, 3.8) is 0 Å². The number of nitrogens with one attached hydrogen (secondary N) is 1. The van der Waals surface area contributed by atoms with Crippen molar-refractivity contribution in [3.8, 4) is 0 Å². The Morgan fingerprint density at radius 1 is 1.07 bits per heavy atom. The van der Waals surface area contributed by atoms with E-state index in [4.69, 9.17) is 5.11 Å². The van der Waals surface area contributed by atoms with Gasteiger partial charge in [0.2, 0.25) is 0 Å². The zero-order valence-corrected chi connectivity index (χ0v) is 9.04. The summed E-state index contributed by atoms with van der Waals surface area (Å²) in [5.74, 6) is 1.43. The molecule has 2 fully saturated rings. The van der Waals surface area contributed by atoms with Gasteiger partial charge in [0.05, 0.1) is 0 Å². The minimum Gasteiger partial charge on any atom is -0.396 e. The van der Waals surface area contributed by atoms with Crippen LogP contribution in [0.4, 0.5) is 0 Å². The molecule has 2 nitrogen and oxygen atoms in total.